The molecule has 64 valence electrons. The summed E-state index contributed by atoms with van der Waals surface area (Å²) in [4.78, 5) is 15.0. The molecule has 0 aliphatic heterocycles. The van der Waals surface area contributed by atoms with Crippen LogP contribution in [0.15, 0.2) is 12.1 Å². The molecule has 0 saturated heterocycles. The summed E-state index contributed by atoms with van der Waals surface area (Å²) in [6.45, 7) is 1.83. The van der Waals surface area contributed by atoms with Crippen LogP contribution in [0.25, 0.3) is 0 Å². The number of rotatable bonds is 2. The van der Waals surface area contributed by atoms with Gasteiger partial charge in [0, 0.05) is 6.92 Å². The zero-order valence-corrected chi connectivity index (χ0v) is 7.37. The minimum Gasteiger partial charge on any atom is -0.489 e. The van der Waals surface area contributed by atoms with Gasteiger partial charge in [-0.1, -0.05) is 4.91 Å². The lowest BCUT2D eigenvalue weighted by molar-refractivity contribution is -0.433. The first kappa shape index (κ1) is 8.64. The van der Waals surface area contributed by atoms with E-state index in [1.807, 2.05) is 6.92 Å². The van der Waals surface area contributed by atoms with E-state index in [0.29, 0.717) is 16.3 Å². The molecular weight excluding hydrogens is 156 g/mol. The molecule has 12 heavy (non-hydrogen) atoms. The molecule has 0 aromatic carbocycles. The van der Waals surface area contributed by atoms with Gasteiger partial charge in [0.25, 0.3) is 0 Å². The molecule has 0 N–H and O–H groups in total. The van der Waals surface area contributed by atoms with Crippen LogP contribution in [-0.2, 0) is 0 Å². The summed E-state index contributed by atoms with van der Waals surface area (Å²) in [6.07, 6.45) is 0. The molecule has 0 aliphatic rings. The Kier molecular flexibility index (Phi) is 2.38. The second kappa shape index (κ2) is 3.30. The lowest BCUT2D eigenvalue weighted by Gasteiger charge is -1.97. The summed E-state index contributed by atoms with van der Waals surface area (Å²) < 4.78 is 5.64. The van der Waals surface area contributed by atoms with Crippen molar-refractivity contribution in [1.82, 2.24) is 4.98 Å². The fraction of sp³-hybridized carbons (Fsp3) is 0.375. The first-order valence-electron chi connectivity index (χ1n) is 3.57. The van der Waals surface area contributed by atoms with Crippen LogP contribution in [0.4, 0.5) is 5.82 Å². The summed E-state index contributed by atoms with van der Waals surface area (Å²) in [5, 5.41) is 0. The second-order valence-electron chi connectivity index (χ2n) is 2.48. The highest BCUT2D eigenvalue weighted by Crippen LogP contribution is 2.22. The Hall–Kier alpha value is -1.45. The Morgan fingerprint density at radius 3 is 2.67 bits per heavy atom. The first-order chi connectivity index (χ1) is 5.65. The molecule has 4 heteroatoms. The summed E-state index contributed by atoms with van der Waals surface area (Å²) in [5.41, 5.74) is 0.800. The Balaban J connectivity index is 3.21. The average Bonchev–Trinajstić information content (AvgIpc) is 2.04. The van der Waals surface area contributed by atoms with Crippen LogP contribution in [0.3, 0.4) is 0 Å². The maximum absolute atomic E-state index is 11.0. The number of hydrogen-bond donors (Lipinski definition) is 0. The number of aryl methyl sites for hydroxylation is 1. The van der Waals surface area contributed by atoms with Gasteiger partial charge in [-0.25, -0.2) is 0 Å². The normalized spacial score (nSPS) is 9.58. The summed E-state index contributed by atoms with van der Waals surface area (Å²) >= 11 is 0. The monoisotopic (exact) mass is 167 g/mol. The zero-order chi connectivity index (χ0) is 9.14. The molecule has 1 heterocycles. The highest BCUT2D eigenvalue weighted by atomic mass is 16.5. The van der Waals surface area contributed by atoms with Crippen molar-refractivity contribution in [3.63, 3.8) is 0 Å². The van der Waals surface area contributed by atoms with E-state index in [0.717, 1.165) is 5.69 Å². The molecule has 1 aromatic rings. The molecule has 0 fully saturated rings. The van der Waals surface area contributed by atoms with Crippen molar-refractivity contribution >= 4 is 5.82 Å². The first-order valence-corrected chi connectivity index (χ1v) is 3.57. The van der Waals surface area contributed by atoms with Crippen molar-refractivity contribution in [3.05, 3.63) is 22.7 Å². The fourth-order valence-electron chi connectivity index (χ4n) is 0.915. The third-order valence-corrected chi connectivity index (χ3v) is 1.50. The molecular formula is C8H11N2O2+. The summed E-state index contributed by atoms with van der Waals surface area (Å²) in [5.74, 6) is 0.815. The van der Waals surface area contributed by atoms with Crippen molar-refractivity contribution in [1.29, 1.82) is 0 Å². The van der Waals surface area contributed by atoms with Crippen molar-refractivity contribution in [2.24, 2.45) is 0 Å². The molecule has 0 bridgehead atoms. The van der Waals surface area contributed by atoms with Crippen LogP contribution in [0.2, 0.25) is 0 Å². The third kappa shape index (κ3) is 1.58. The van der Waals surface area contributed by atoms with E-state index < -0.39 is 0 Å². The highest BCUT2D eigenvalue weighted by molar-refractivity contribution is 5.39. The number of methoxy groups -OCH3 is 1. The van der Waals surface area contributed by atoms with E-state index in [-0.39, 0.29) is 0 Å². The minimum atomic E-state index is 0.317. The largest absolute Gasteiger partial charge is 0.489 e. The van der Waals surface area contributed by atoms with Crippen LogP contribution in [0.5, 0.6) is 5.75 Å². The standard InChI is InChI=1S/C8H11N2O2/c1-6-4-5-7(12-3)8(9-6)10(2)11/h4-5H,1-3H3/q+1. The molecule has 0 atom stereocenters. The Morgan fingerprint density at radius 1 is 1.50 bits per heavy atom. The van der Waals surface area contributed by atoms with Gasteiger partial charge < -0.3 is 4.74 Å². The number of ether oxygens (including phenoxy) is 1. The van der Waals surface area contributed by atoms with E-state index in [9.17, 15) is 4.91 Å². The van der Waals surface area contributed by atoms with Gasteiger partial charge in [0.1, 0.15) is 12.7 Å². The van der Waals surface area contributed by atoms with E-state index in [1.165, 1.54) is 14.2 Å². The lowest BCUT2D eigenvalue weighted by Crippen LogP contribution is -1.99. The Labute approximate surface area is 70.8 Å². The fourth-order valence-corrected chi connectivity index (χ4v) is 0.915. The summed E-state index contributed by atoms with van der Waals surface area (Å²) in [7, 11) is 2.91. The van der Waals surface area contributed by atoms with E-state index >= 15 is 0 Å². The van der Waals surface area contributed by atoms with Gasteiger partial charge in [-0.3, -0.25) is 0 Å². The van der Waals surface area contributed by atoms with Gasteiger partial charge in [0.15, 0.2) is 0 Å². The maximum atomic E-state index is 11.0. The topological polar surface area (TPSA) is 42.2 Å². The SMILES string of the molecule is COc1ccc(C)nc1[N+](C)=O. The lowest BCUT2D eigenvalue weighted by atomic mass is 10.3. The van der Waals surface area contributed by atoms with Crippen molar-refractivity contribution in [3.8, 4) is 5.75 Å². The Morgan fingerprint density at radius 2 is 2.17 bits per heavy atom. The average molecular weight is 167 g/mol. The minimum absolute atomic E-state index is 0.317. The van der Waals surface area contributed by atoms with Crippen LogP contribution >= 0.6 is 0 Å². The van der Waals surface area contributed by atoms with Crippen molar-refractivity contribution in [2.45, 2.75) is 6.92 Å². The maximum Gasteiger partial charge on any atom is 0.403 e. The van der Waals surface area contributed by atoms with E-state index in [1.54, 1.807) is 12.1 Å². The highest BCUT2D eigenvalue weighted by Gasteiger charge is 2.17. The van der Waals surface area contributed by atoms with E-state index in [4.69, 9.17) is 4.74 Å². The van der Waals surface area contributed by atoms with Gasteiger partial charge >= 0.3 is 5.82 Å². The van der Waals surface area contributed by atoms with Crippen LogP contribution in [0, 0.1) is 11.8 Å². The second-order valence-corrected chi connectivity index (χ2v) is 2.48. The van der Waals surface area contributed by atoms with E-state index in [2.05, 4.69) is 4.98 Å². The van der Waals surface area contributed by atoms with Gasteiger partial charge in [-0.15, -0.1) is 0 Å². The zero-order valence-electron chi connectivity index (χ0n) is 7.37. The molecule has 0 spiro atoms. The molecule has 0 saturated carbocycles. The predicted molar refractivity (Wildman–Crippen MR) is 44.7 cm³/mol. The summed E-state index contributed by atoms with van der Waals surface area (Å²) in [6, 6.07) is 3.53. The van der Waals surface area contributed by atoms with Gasteiger partial charge in [-0.05, 0) is 21.9 Å². The molecule has 0 aliphatic carbocycles. The number of nitroso groups, excluding NO2 is 1. The Bertz CT molecular complexity index is 310. The van der Waals surface area contributed by atoms with Crippen molar-refractivity contribution < 1.29 is 9.50 Å². The smallest absolute Gasteiger partial charge is 0.403 e. The molecule has 4 nitrogen and oxygen atoms in total. The van der Waals surface area contributed by atoms with Gasteiger partial charge in [-0.2, -0.15) is 0 Å². The number of hydrogen-bond acceptors (Lipinski definition) is 3. The number of aromatic nitrogens is 1. The van der Waals surface area contributed by atoms with Crippen LogP contribution < -0.4 is 4.74 Å². The third-order valence-electron chi connectivity index (χ3n) is 1.50. The molecule has 0 amide bonds. The number of nitrogens with zero attached hydrogens (tertiary/aromatic N) is 2. The predicted octanol–water partition coefficient (Wildman–Crippen LogP) is 1.44. The van der Waals surface area contributed by atoms with Crippen molar-refractivity contribution in [2.75, 3.05) is 14.2 Å². The molecule has 1 aromatic heterocycles. The van der Waals surface area contributed by atoms with Gasteiger partial charge in [0.05, 0.1) is 7.11 Å². The molecule has 1 rings (SSSR count). The number of pyridine rings is 1. The van der Waals surface area contributed by atoms with Gasteiger partial charge in [0.2, 0.25) is 5.75 Å². The van der Waals surface area contributed by atoms with Crippen LogP contribution in [-0.4, -0.2) is 23.9 Å². The molecule has 0 radical (unpaired) electrons. The quantitative estimate of drug-likeness (QED) is 0.626. The molecule has 0 unspecified atom stereocenters. The van der Waals surface area contributed by atoms with Crippen LogP contribution in [0.1, 0.15) is 5.69 Å².